The van der Waals surface area contributed by atoms with E-state index >= 15 is 0 Å². The van der Waals surface area contributed by atoms with Crippen LogP contribution < -0.4 is 5.32 Å². The van der Waals surface area contributed by atoms with Crippen LogP contribution >= 0.6 is 0 Å². The minimum absolute atomic E-state index is 0.100. The molecular weight excluding hydrogens is 225 g/mol. The summed E-state index contributed by atoms with van der Waals surface area (Å²) in [4.78, 5) is 0. The number of hydrogen-bond acceptors (Lipinski definition) is 1. The Bertz CT molecular complexity index is 389. The smallest absolute Gasteiger partial charge is 0.123 e. The lowest BCUT2D eigenvalue weighted by atomic mass is 9.88. The molecule has 2 rings (SSSR count). The summed E-state index contributed by atoms with van der Waals surface area (Å²) in [5.74, 6) is 1.40. The van der Waals surface area contributed by atoms with Crippen molar-refractivity contribution < 1.29 is 4.39 Å². The number of aryl methyl sites for hydroxylation is 1. The van der Waals surface area contributed by atoms with Gasteiger partial charge >= 0.3 is 0 Å². The average Bonchev–Trinajstić information content (AvgIpc) is 2.79. The molecule has 1 aromatic rings. The highest BCUT2D eigenvalue weighted by Crippen LogP contribution is 2.34. The van der Waals surface area contributed by atoms with Crippen LogP contribution in [0.1, 0.15) is 37.3 Å². The van der Waals surface area contributed by atoms with E-state index < -0.39 is 0 Å². The molecular formula is C16H24FN. The van der Waals surface area contributed by atoms with Crippen molar-refractivity contribution in [1.82, 2.24) is 5.32 Å². The lowest BCUT2D eigenvalue weighted by molar-refractivity contribution is 0.367. The molecule has 2 heteroatoms. The number of halogens is 1. The number of benzene rings is 1. The van der Waals surface area contributed by atoms with E-state index in [1.165, 1.54) is 30.4 Å². The molecule has 1 aliphatic rings. The van der Waals surface area contributed by atoms with E-state index in [-0.39, 0.29) is 5.82 Å². The maximum Gasteiger partial charge on any atom is 0.123 e. The highest BCUT2D eigenvalue weighted by molar-refractivity contribution is 5.27. The van der Waals surface area contributed by atoms with E-state index in [1.807, 2.05) is 6.07 Å². The Balaban J connectivity index is 2.01. The van der Waals surface area contributed by atoms with Crippen molar-refractivity contribution in [3.8, 4) is 0 Å². The van der Waals surface area contributed by atoms with Gasteiger partial charge in [0.1, 0.15) is 5.82 Å². The van der Waals surface area contributed by atoms with Gasteiger partial charge in [0.2, 0.25) is 0 Å². The number of nitrogens with one attached hydrogen (secondary N) is 1. The van der Waals surface area contributed by atoms with Crippen LogP contribution in [0.5, 0.6) is 0 Å². The third-order valence-electron chi connectivity index (χ3n) is 4.27. The molecule has 1 aromatic carbocycles. The SMILES string of the molecule is CCNCC1CCCC1Cc1cc(F)ccc1C. The summed E-state index contributed by atoms with van der Waals surface area (Å²) in [6, 6.07) is 5.18. The highest BCUT2D eigenvalue weighted by atomic mass is 19.1. The Morgan fingerprint density at radius 1 is 1.28 bits per heavy atom. The zero-order valence-electron chi connectivity index (χ0n) is 11.5. The summed E-state index contributed by atoms with van der Waals surface area (Å²) in [6.45, 7) is 6.40. The molecule has 2 unspecified atom stereocenters. The molecule has 100 valence electrons. The van der Waals surface area contributed by atoms with E-state index in [4.69, 9.17) is 0 Å². The van der Waals surface area contributed by atoms with Crippen molar-refractivity contribution in [3.05, 3.63) is 35.1 Å². The van der Waals surface area contributed by atoms with E-state index in [2.05, 4.69) is 19.2 Å². The molecule has 1 saturated carbocycles. The number of rotatable bonds is 5. The van der Waals surface area contributed by atoms with Crippen LogP contribution in [0.4, 0.5) is 4.39 Å². The second-order valence-corrected chi connectivity index (χ2v) is 5.53. The van der Waals surface area contributed by atoms with Crippen LogP contribution in [0, 0.1) is 24.6 Å². The van der Waals surface area contributed by atoms with Gasteiger partial charge in [0.05, 0.1) is 0 Å². The maximum absolute atomic E-state index is 13.3. The van der Waals surface area contributed by atoms with E-state index in [1.54, 1.807) is 12.1 Å². The molecule has 1 fully saturated rings. The van der Waals surface area contributed by atoms with Gasteiger partial charge < -0.3 is 5.32 Å². The van der Waals surface area contributed by atoms with E-state index in [9.17, 15) is 4.39 Å². The Kier molecular flexibility index (Phi) is 4.76. The molecule has 0 bridgehead atoms. The summed E-state index contributed by atoms with van der Waals surface area (Å²) in [5, 5.41) is 3.46. The lowest BCUT2D eigenvalue weighted by Gasteiger charge is -2.20. The van der Waals surface area contributed by atoms with Crippen LogP contribution in [0.3, 0.4) is 0 Å². The molecule has 0 aliphatic heterocycles. The van der Waals surface area contributed by atoms with Crippen molar-refractivity contribution in [3.63, 3.8) is 0 Å². The van der Waals surface area contributed by atoms with Crippen molar-refractivity contribution in [2.45, 2.75) is 39.5 Å². The fraction of sp³-hybridized carbons (Fsp3) is 0.625. The monoisotopic (exact) mass is 249 g/mol. The molecule has 0 spiro atoms. The average molecular weight is 249 g/mol. The molecule has 1 aliphatic carbocycles. The van der Waals surface area contributed by atoms with E-state index in [0.717, 1.165) is 31.3 Å². The molecule has 2 atom stereocenters. The van der Waals surface area contributed by atoms with Gasteiger partial charge in [0.15, 0.2) is 0 Å². The van der Waals surface area contributed by atoms with Gasteiger partial charge in [-0.05, 0) is 74.4 Å². The molecule has 0 amide bonds. The van der Waals surface area contributed by atoms with Crippen molar-refractivity contribution in [2.24, 2.45) is 11.8 Å². The fourth-order valence-electron chi connectivity index (χ4n) is 3.12. The quantitative estimate of drug-likeness (QED) is 0.839. The Morgan fingerprint density at radius 2 is 2.06 bits per heavy atom. The maximum atomic E-state index is 13.3. The summed E-state index contributed by atoms with van der Waals surface area (Å²) in [6.07, 6.45) is 4.99. The van der Waals surface area contributed by atoms with Gasteiger partial charge in [0, 0.05) is 0 Å². The largest absolute Gasteiger partial charge is 0.317 e. The second-order valence-electron chi connectivity index (χ2n) is 5.53. The van der Waals surface area contributed by atoms with Crippen LogP contribution in [-0.4, -0.2) is 13.1 Å². The first kappa shape index (κ1) is 13.5. The van der Waals surface area contributed by atoms with Gasteiger partial charge in [-0.3, -0.25) is 0 Å². The van der Waals surface area contributed by atoms with Gasteiger partial charge in [-0.2, -0.15) is 0 Å². The Morgan fingerprint density at radius 3 is 2.83 bits per heavy atom. The first-order chi connectivity index (χ1) is 8.70. The predicted octanol–water partition coefficient (Wildman–Crippen LogP) is 3.70. The van der Waals surface area contributed by atoms with Crippen LogP contribution in [0.25, 0.3) is 0 Å². The Labute approximate surface area is 110 Å². The number of hydrogen-bond donors (Lipinski definition) is 1. The molecule has 0 aromatic heterocycles. The van der Waals surface area contributed by atoms with Crippen molar-refractivity contribution in [2.75, 3.05) is 13.1 Å². The Hall–Kier alpha value is -0.890. The first-order valence-corrected chi connectivity index (χ1v) is 7.16. The lowest BCUT2D eigenvalue weighted by Crippen LogP contribution is -2.26. The first-order valence-electron chi connectivity index (χ1n) is 7.16. The fourth-order valence-corrected chi connectivity index (χ4v) is 3.12. The summed E-state index contributed by atoms with van der Waals surface area (Å²) >= 11 is 0. The van der Waals surface area contributed by atoms with E-state index in [0.29, 0.717) is 0 Å². The third-order valence-corrected chi connectivity index (χ3v) is 4.27. The van der Waals surface area contributed by atoms with Gasteiger partial charge in [-0.25, -0.2) is 4.39 Å². The van der Waals surface area contributed by atoms with Crippen molar-refractivity contribution >= 4 is 0 Å². The second kappa shape index (κ2) is 6.33. The molecule has 0 radical (unpaired) electrons. The zero-order valence-corrected chi connectivity index (χ0v) is 11.5. The third kappa shape index (κ3) is 3.32. The molecule has 18 heavy (non-hydrogen) atoms. The molecule has 1 nitrogen and oxygen atoms in total. The normalized spacial score (nSPS) is 23.5. The zero-order chi connectivity index (χ0) is 13.0. The minimum Gasteiger partial charge on any atom is -0.317 e. The minimum atomic E-state index is -0.100. The summed E-state index contributed by atoms with van der Waals surface area (Å²) in [5.41, 5.74) is 2.42. The summed E-state index contributed by atoms with van der Waals surface area (Å²) in [7, 11) is 0. The topological polar surface area (TPSA) is 12.0 Å². The highest BCUT2D eigenvalue weighted by Gasteiger charge is 2.27. The standard InChI is InChI=1S/C16H24FN/c1-3-18-11-14-6-4-5-13(14)9-15-10-16(17)8-7-12(15)2/h7-8,10,13-14,18H,3-6,9,11H2,1-2H3. The van der Waals surface area contributed by atoms with Crippen LogP contribution in [-0.2, 0) is 6.42 Å². The van der Waals surface area contributed by atoms with Gasteiger partial charge in [-0.1, -0.05) is 19.4 Å². The summed E-state index contributed by atoms with van der Waals surface area (Å²) < 4.78 is 13.3. The predicted molar refractivity (Wildman–Crippen MR) is 74.2 cm³/mol. The van der Waals surface area contributed by atoms with Gasteiger partial charge in [-0.15, -0.1) is 0 Å². The molecule has 1 N–H and O–H groups in total. The molecule has 0 saturated heterocycles. The van der Waals surface area contributed by atoms with Crippen LogP contribution in [0.2, 0.25) is 0 Å². The van der Waals surface area contributed by atoms with Crippen LogP contribution in [0.15, 0.2) is 18.2 Å². The molecule has 0 heterocycles. The van der Waals surface area contributed by atoms with Gasteiger partial charge in [0.25, 0.3) is 0 Å². The van der Waals surface area contributed by atoms with Crippen molar-refractivity contribution in [1.29, 1.82) is 0 Å².